The summed E-state index contributed by atoms with van der Waals surface area (Å²) in [4.78, 5) is 4.33. The summed E-state index contributed by atoms with van der Waals surface area (Å²) in [7, 11) is 0. The van der Waals surface area contributed by atoms with Gasteiger partial charge in [-0.05, 0) is 26.0 Å². The van der Waals surface area contributed by atoms with Crippen molar-refractivity contribution in [2.75, 3.05) is 0 Å². The Labute approximate surface area is 98.7 Å². The minimum Gasteiger partial charge on any atom is -0.456 e. The number of fused-ring (bicyclic) bond motifs is 3. The Kier molecular flexibility index (Phi) is 2.00. The largest absolute Gasteiger partial charge is 0.456 e. The Morgan fingerprint density at radius 2 is 1.94 bits per heavy atom. The second-order valence-corrected chi connectivity index (χ2v) is 4.72. The summed E-state index contributed by atoms with van der Waals surface area (Å²) >= 11 is 0. The van der Waals surface area contributed by atoms with E-state index in [0.29, 0.717) is 11.3 Å². The zero-order valence-electron chi connectivity index (χ0n) is 9.77. The molecule has 0 aliphatic rings. The topological polar surface area (TPSA) is 46.3 Å². The number of hydrogen-bond acceptors (Lipinski definition) is 3. The average molecular weight is 227 g/mol. The van der Waals surface area contributed by atoms with Crippen LogP contribution in [0.3, 0.4) is 0 Å². The SMILES string of the molecule is CC(C)(O)c1cc2c(cnc3ccccc32)o1. The predicted molar refractivity (Wildman–Crippen MR) is 66.8 cm³/mol. The van der Waals surface area contributed by atoms with Crippen molar-refractivity contribution in [3.63, 3.8) is 0 Å². The summed E-state index contributed by atoms with van der Waals surface area (Å²) in [6.45, 7) is 3.42. The third-order valence-corrected chi connectivity index (χ3v) is 2.88. The van der Waals surface area contributed by atoms with Gasteiger partial charge < -0.3 is 9.52 Å². The van der Waals surface area contributed by atoms with E-state index in [4.69, 9.17) is 4.42 Å². The van der Waals surface area contributed by atoms with Crippen LogP contribution in [0, 0.1) is 0 Å². The Bertz CT molecular complexity index is 692. The number of rotatable bonds is 1. The molecule has 86 valence electrons. The predicted octanol–water partition coefficient (Wildman–Crippen LogP) is 3.21. The van der Waals surface area contributed by atoms with Crippen molar-refractivity contribution in [1.29, 1.82) is 0 Å². The van der Waals surface area contributed by atoms with E-state index in [1.54, 1.807) is 20.0 Å². The number of aromatic nitrogens is 1. The molecule has 0 aliphatic heterocycles. The van der Waals surface area contributed by atoms with E-state index in [0.717, 1.165) is 16.3 Å². The molecule has 0 unspecified atom stereocenters. The zero-order chi connectivity index (χ0) is 12.0. The first-order valence-corrected chi connectivity index (χ1v) is 5.56. The molecule has 0 saturated carbocycles. The van der Waals surface area contributed by atoms with Gasteiger partial charge in [-0.25, -0.2) is 0 Å². The highest BCUT2D eigenvalue weighted by atomic mass is 16.4. The molecule has 3 nitrogen and oxygen atoms in total. The highest BCUT2D eigenvalue weighted by molar-refractivity contribution is 6.03. The Balaban J connectivity index is 2.39. The van der Waals surface area contributed by atoms with Gasteiger partial charge in [-0.3, -0.25) is 4.98 Å². The van der Waals surface area contributed by atoms with E-state index < -0.39 is 5.60 Å². The molecule has 0 saturated heterocycles. The van der Waals surface area contributed by atoms with Crippen LogP contribution in [-0.2, 0) is 5.60 Å². The van der Waals surface area contributed by atoms with Crippen molar-refractivity contribution in [3.8, 4) is 0 Å². The fourth-order valence-electron chi connectivity index (χ4n) is 1.96. The minimum absolute atomic E-state index is 0.561. The standard InChI is InChI=1S/C14H13NO2/c1-14(2,16)13-7-10-9-5-3-4-6-11(9)15-8-12(10)17-13/h3-8,16H,1-2H3. The Morgan fingerprint density at radius 3 is 2.71 bits per heavy atom. The quantitative estimate of drug-likeness (QED) is 0.694. The molecule has 0 spiro atoms. The van der Waals surface area contributed by atoms with Crippen LogP contribution in [-0.4, -0.2) is 10.1 Å². The van der Waals surface area contributed by atoms with E-state index in [1.165, 1.54) is 0 Å². The van der Waals surface area contributed by atoms with Crippen molar-refractivity contribution in [1.82, 2.24) is 4.98 Å². The molecule has 2 heterocycles. The second-order valence-electron chi connectivity index (χ2n) is 4.72. The molecule has 1 N–H and O–H groups in total. The Hall–Kier alpha value is -1.87. The highest BCUT2D eigenvalue weighted by Crippen LogP contribution is 2.31. The molecule has 1 aromatic carbocycles. The van der Waals surface area contributed by atoms with Gasteiger partial charge in [-0.2, -0.15) is 0 Å². The Morgan fingerprint density at radius 1 is 1.18 bits per heavy atom. The summed E-state index contributed by atoms with van der Waals surface area (Å²) in [5.41, 5.74) is 0.670. The summed E-state index contributed by atoms with van der Waals surface area (Å²) in [6.07, 6.45) is 1.70. The maximum Gasteiger partial charge on any atom is 0.153 e. The lowest BCUT2D eigenvalue weighted by Crippen LogP contribution is -2.13. The van der Waals surface area contributed by atoms with Crippen LogP contribution in [0.2, 0.25) is 0 Å². The average Bonchev–Trinajstić information content (AvgIpc) is 2.72. The maximum atomic E-state index is 9.95. The molecule has 3 aromatic rings. The molecule has 3 heteroatoms. The molecular weight excluding hydrogens is 214 g/mol. The molecular formula is C14H13NO2. The van der Waals surface area contributed by atoms with Crippen LogP contribution in [0.25, 0.3) is 21.9 Å². The van der Waals surface area contributed by atoms with Gasteiger partial charge >= 0.3 is 0 Å². The summed E-state index contributed by atoms with van der Waals surface area (Å²) in [6, 6.07) is 9.79. The number of nitrogens with zero attached hydrogens (tertiary/aromatic N) is 1. The molecule has 2 aromatic heterocycles. The van der Waals surface area contributed by atoms with Gasteiger partial charge in [-0.1, -0.05) is 18.2 Å². The molecule has 0 fully saturated rings. The molecule has 3 rings (SSSR count). The number of furan rings is 1. The van der Waals surface area contributed by atoms with Crippen LogP contribution in [0.4, 0.5) is 0 Å². The van der Waals surface area contributed by atoms with Crippen molar-refractivity contribution < 1.29 is 9.52 Å². The molecule has 0 bridgehead atoms. The first-order chi connectivity index (χ1) is 8.05. The zero-order valence-corrected chi connectivity index (χ0v) is 9.77. The first kappa shape index (κ1) is 10.3. The van der Waals surface area contributed by atoms with E-state index in [1.807, 2.05) is 30.3 Å². The number of aliphatic hydroxyl groups is 1. The fourth-order valence-corrected chi connectivity index (χ4v) is 1.96. The van der Waals surface area contributed by atoms with Gasteiger partial charge in [0.1, 0.15) is 11.4 Å². The van der Waals surface area contributed by atoms with Crippen LogP contribution in [0.5, 0.6) is 0 Å². The highest BCUT2D eigenvalue weighted by Gasteiger charge is 2.21. The molecule has 0 aliphatic carbocycles. The van der Waals surface area contributed by atoms with E-state index in [2.05, 4.69) is 4.98 Å². The third-order valence-electron chi connectivity index (χ3n) is 2.88. The summed E-state index contributed by atoms with van der Waals surface area (Å²) in [5.74, 6) is 0.561. The van der Waals surface area contributed by atoms with Crippen LogP contribution in [0.1, 0.15) is 19.6 Å². The van der Waals surface area contributed by atoms with Gasteiger partial charge in [0.25, 0.3) is 0 Å². The van der Waals surface area contributed by atoms with Crippen molar-refractivity contribution in [2.24, 2.45) is 0 Å². The van der Waals surface area contributed by atoms with Crippen LogP contribution in [0.15, 0.2) is 40.9 Å². The molecule has 0 amide bonds. The van der Waals surface area contributed by atoms with Gasteiger partial charge in [0.15, 0.2) is 5.58 Å². The molecule has 17 heavy (non-hydrogen) atoms. The van der Waals surface area contributed by atoms with Gasteiger partial charge in [0, 0.05) is 10.8 Å². The number of benzene rings is 1. The summed E-state index contributed by atoms with van der Waals surface area (Å²) in [5, 5.41) is 12.0. The van der Waals surface area contributed by atoms with E-state index >= 15 is 0 Å². The van der Waals surface area contributed by atoms with Gasteiger partial charge in [-0.15, -0.1) is 0 Å². The van der Waals surface area contributed by atoms with Gasteiger partial charge in [0.2, 0.25) is 0 Å². The first-order valence-electron chi connectivity index (χ1n) is 5.56. The summed E-state index contributed by atoms with van der Waals surface area (Å²) < 4.78 is 5.63. The minimum atomic E-state index is -0.972. The molecule has 0 radical (unpaired) electrons. The lowest BCUT2D eigenvalue weighted by Gasteiger charge is -2.12. The van der Waals surface area contributed by atoms with Crippen LogP contribution >= 0.6 is 0 Å². The lowest BCUT2D eigenvalue weighted by molar-refractivity contribution is 0.0559. The smallest absolute Gasteiger partial charge is 0.153 e. The number of hydrogen-bond donors (Lipinski definition) is 1. The van der Waals surface area contributed by atoms with E-state index in [-0.39, 0.29) is 0 Å². The van der Waals surface area contributed by atoms with E-state index in [9.17, 15) is 5.11 Å². The van der Waals surface area contributed by atoms with Crippen LogP contribution < -0.4 is 0 Å². The number of para-hydroxylation sites is 1. The van der Waals surface area contributed by atoms with Crippen molar-refractivity contribution in [3.05, 3.63) is 42.3 Å². The normalized spacial score (nSPS) is 12.4. The van der Waals surface area contributed by atoms with Crippen molar-refractivity contribution >= 4 is 21.9 Å². The fraction of sp³-hybridized carbons (Fsp3) is 0.214. The monoisotopic (exact) mass is 227 g/mol. The third kappa shape index (κ3) is 1.59. The molecule has 0 atom stereocenters. The maximum absolute atomic E-state index is 9.95. The lowest BCUT2D eigenvalue weighted by atomic mass is 10.1. The van der Waals surface area contributed by atoms with Crippen molar-refractivity contribution in [2.45, 2.75) is 19.4 Å². The second kappa shape index (κ2) is 3.31. The van der Waals surface area contributed by atoms with Gasteiger partial charge in [0.05, 0.1) is 11.7 Å². The number of pyridine rings is 1.